The number of hydrogen-bond acceptors (Lipinski definition) is 2. The van der Waals surface area contributed by atoms with E-state index in [1.54, 1.807) is 6.07 Å². The van der Waals surface area contributed by atoms with Gasteiger partial charge in [0.25, 0.3) is 0 Å². The molecule has 31 heavy (non-hydrogen) atoms. The van der Waals surface area contributed by atoms with Crippen LogP contribution in [-0.4, -0.2) is 11.7 Å². The predicted molar refractivity (Wildman–Crippen MR) is 134 cm³/mol. The number of phenolic OH excluding ortho intramolecular Hbond substituents is 1. The highest BCUT2D eigenvalue weighted by Gasteiger charge is 2.10. The SMILES string of the molecule is C=CCc1ccc(O)c(-c2ccc(OCCCCCCCCCCC)c(CC=C)c2)c1. The lowest BCUT2D eigenvalue weighted by Gasteiger charge is -2.14. The molecule has 2 aromatic rings. The number of allylic oxidation sites excluding steroid dienone is 2. The fourth-order valence-electron chi connectivity index (χ4n) is 3.91. The lowest BCUT2D eigenvalue weighted by atomic mass is 9.97. The van der Waals surface area contributed by atoms with Crippen LogP contribution in [0.1, 0.15) is 75.8 Å². The molecule has 2 rings (SSSR count). The topological polar surface area (TPSA) is 29.5 Å². The Morgan fingerprint density at radius 2 is 1.48 bits per heavy atom. The van der Waals surface area contributed by atoms with Gasteiger partial charge in [-0.05, 0) is 60.2 Å². The van der Waals surface area contributed by atoms with Crippen LogP contribution in [0.15, 0.2) is 61.7 Å². The molecule has 0 aliphatic rings. The molecule has 0 unspecified atom stereocenters. The van der Waals surface area contributed by atoms with E-state index in [2.05, 4.69) is 26.1 Å². The molecule has 2 aromatic carbocycles. The second-order valence-corrected chi connectivity index (χ2v) is 8.34. The van der Waals surface area contributed by atoms with E-state index in [9.17, 15) is 5.11 Å². The maximum Gasteiger partial charge on any atom is 0.123 e. The van der Waals surface area contributed by atoms with Gasteiger partial charge in [0.2, 0.25) is 0 Å². The van der Waals surface area contributed by atoms with E-state index in [4.69, 9.17) is 4.74 Å². The van der Waals surface area contributed by atoms with Crippen LogP contribution in [0.2, 0.25) is 0 Å². The Morgan fingerprint density at radius 3 is 2.16 bits per heavy atom. The van der Waals surface area contributed by atoms with Crippen LogP contribution >= 0.6 is 0 Å². The molecule has 0 saturated carbocycles. The minimum atomic E-state index is 0.292. The van der Waals surface area contributed by atoms with E-state index in [0.29, 0.717) is 5.75 Å². The maximum absolute atomic E-state index is 10.4. The van der Waals surface area contributed by atoms with Gasteiger partial charge in [-0.2, -0.15) is 0 Å². The number of aromatic hydroxyl groups is 1. The van der Waals surface area contributed by atoms with E-state index >= 15 is 0 Å². The summed E-state index contributed by atoms with van der Waals surface area (Å²) in [5, 5.41) is 10.4. The zero-order valence-corrected chi connectivity index (χ0v) is 19.4. The minimum absolute atomic E-state index is 0.292. The summed E-state index contributed by atoms with van der Waals surface area (Å²) in [6.07, 6.45) is 17.1. The molecule has 0 aliphatic carbocycles. The third kappa shape index (κ3) is 8.65. The van der Waals surface area contributed by atoms with Gasteiger partial charge in [-0.3, -0.25) is 0 Å². The largest absolute Gasteiger partial charge is 0.507 e. The van der Waals surface area contributed by atoms with Crippen LogP contribution in [-0.2, 0) is 12.8 Å². The van der Waals surface area contributed by atoms with E-state index in [1.165, 1.54) is 51.4 Å². The molecule has 0 amide bonds. The predicted octanol–water partition coefficient (Wildman–Crippen LogP) is 8.43. The van der Waals surface area contributed by atoms with Crippen molar-refractivity contribution in [1.82, 2.24) is 0 Å². The van der Waals surface area contributed by atoms with Gasteiger partial charge in [-0.1, -0.05) is 82.6 Å². The first-order valence-corrected chi connectivity index (χ1v) is 12.0. The highest BCUT2D eigenvalue weighted by atomic mass is 16.5. The number of rotatable bonds is 16. The molecule has 1 N–H and O–H groups in total. The molecule has 0 bridgehead atoms. The quantitative estimate of drug-likeness (QED) is 0.218. The highest BCUT2D eigenvalue weighted by molar-refractivity contribution is 5.72. The van der Waals surface area contributed by atoms with E-state index in [1.807, 2.05) is 36.4 Å². The Hall–Kier alpha value is -2.48. The zero-order valence-electron chi connectivity index (χ0n) is 19.4. The summed E-state index contributed by atoms with van der Waals surface area (Å²) in [5.74, 6) is 1.21. The van der Waals surface area contributed by atoms with Gasteiger partial charge >= 0.3 is 0 Å². The molecule has 0 aromatic heterocycles. The second-order valence-electron chi connectivity index (χ2n) is 8.34. The Balaban J connectivity index is 1.90. The number of ether oxygens (including phenoxy) is 1. The fourth-order valence-corrected chi connectivity index (χ4v) is 3.91. The lowest BCUT2D eigenvalue weighted by Crippen LogP contribution is -2.00. The molecule has 168 valence electrons. The summed E-state index contributed by atoms with van der Waals surface area (Å²) in [5.41, 5.74) is 4.08. The number of benzene rings is 2. The van der Waals surface area contributed by atoms with Crippen LogP contribution in [0.25, 0.3) is 11.1 Å². The normalized spacial score (nSPS) is 10.7. The van der Waals surface area contributed by atoms with Crippen LogP contribution in [0.5, 0.6) is 11.5 Å². The van der Waals surface area contributed by atoms with Crippen molar-refractivity contribution in [1.29, 1.82) is 0 Å². The molecule has 2 heteroatoms. The summed E-state index contributed by atoms with van der Waals surface area (Å²) in [6, 6.07) is 11.9. The van der Waals surface area contributed by atoms with Crippen molar-refractivity contribution < 1.29 is 9.84 Å². The third-order valence-corrected chi connectivity index (χ3v) is 5.68. The Bertz CT molecular complexity index is 806. The van der Waals surface area contributed by atoms with E-state index < -0.39 is 0 Å². The molecule has 2 nitrogen and oxygen atoms in total. The highest BCUT2D eigenvalue weighted by Crippen LogP contribution is 2.34. The summed E-state index contributed by atoms with van der Waals surface area (Å²) >= 11 is 0. The molecule has 0 fully saturated rings. The lowest BCUT2D eigenvalue weighted by molar-refractivity contribution is 0.302. The monoisotopic (exact) mass is 420 g/mol. The minimum Gasteiger partial charge on any atom is -0.507 e. The number of hydrogen-bond donors (Lipinski definition) is 1. The van der Waals surface area contributed by atoms with Crippen molar-refractivity contribution in [2.75, 3.05) is 6.61 Å². The smallest absolute Gasteiger partial charge is 0.123 e. The summed E-state index contributed by atoms with van der Waals surface area (Å²) in [6.45, 7) is 10.7. The van der Waals surface area contributed by atoms with Crippen molar-refractivity contribution in [3.63, 3.8) is 0 Å². The van der Waals surface area contributed by atoms with Gasteiger partial charge in [0.05, 0.1) is 6.61 Å². The van der Waals surface area contributed by atoms with Gasteiger partial charge in [0.1, 0.15) is 11.5 Å². The molecule has 0 aliphatic heterocycles. The average molecular weight is 421 g/mol. The summed E-state index contributed by atoms with van der Waals surface area (Å²) in [4.78, 5) is 0. The molecule has 0 spiro atoms. The molecule has 0 radical (unpaired) electrons. The molecule has 0 atom stereocenters. The number of phenols is 1. The second kappa shape index (κ2) is 14.5. The Labute approximate surface area is 189 Å². The van der Waals surface area contributed by atoms with Crippen LogP contribution in [0, 0.1) is 0 Å². The maximum atomic E-state index is 10.4. The first-order chi connectivity index (χ1) is 15.2. The third-order valence-electron chi connectivity index (χ3n) is 5.68. The standard InChI is InChI=1S/C29H40O2/c1-4-7-8-9-10-11-12-13-14-21-31-29-20-18-25(23-26(29)16-6-3)27-22-24(15-5-2)17-19-28(27)30/h5-6,17-20,22-23,30H,2-4,7-16,21H2,1H3. The average Bonchev–Trinajstić information content (AvgIpc) is 2.77. The van der Waals surface area contributed by atoms with E-state index in [-0.39, 0.29) is 0 Å². The fraction of sp³-hybridized carbons (Fsp3) is 0.448. The molecular formula is C29H40O2. The first kappa shape index (κ1) is 24.8. The van der Waals surface area contributed by atoms with Crippen LogP contribution in [0.4, 0.5) is 0 Å². The Kier molecular flexibility index (Phi) is 11.6. The van der Waals surface area contributed by atoms with Crippen molar-refractivity contribution >= 4 is 0 Å². The van der Waals surface area contributed by atoms with Gasteiger partial charge in [0, 0.05) is 5.56 Å². The van der Waals surface area contributed by atoms with Crippen LogP contribution < -0.4 is 4.74 Å². The van der Waals surface area contributed by atoms with Gasteiger partial charge in [-0.25, -0.2) is 0 Å². The molecule has 0 saturated heterocycles. The van der Waals surface area contributed by atoms with Crippen molar-refractivity contribution in [3.8, 4) is 22.6 Å². The zero-order chi connectivity index (χ0) is 22.3. The van der Waals surface area contributed by atoms with Gasteiger partial charge in [-0.15, -0.1) is 13.2 Å². The van der Waals surface area contributed by atoms with Gasteiger partial charge < -0.3 is 9.84 Å². The van der Waals surface area contributed by atoms with Crippen LogP contribution in [0.3, 0.4) is 0 Å². The molecule has 0 heterocycles. The van der Waals surface area contributed by atoms with Crippen molar-refractivity contribution in [3.05, 3.63) is 72.8 Å². The van der Waals surface area contributed by atoms with Gasteiger partial charge in [0.15, 0.2) is 0 Å². The Morgan fingerprint density at radius 1 is 0.806 bits per heavy atom. The van der Waals surface area contributed by atoms with E-state index in [0.717, 1.165) is 53.9 Å². The van der Waals surface area contributed by atoms with Crippen molar-refractivity contribution in [2.24, 2.45) is 0 Å². The summed E-state index contributed by atoms with van der Waals surface area (Å²) < 4.78 is 6.11. The first-order valence-electron chi connectivity index (χ1n) is 12.0. The molecular weight excluding hydrogens is 380 g/mol. The number of unbranched alkanes of at least 4 members (excludes halogenated alkanes) is 8. The van der Waals surface area contributed by atoms with Crippen molar-refractivity contribution in [2.45, 2.75) is 77.6 Å². The summed E-state index contributed by atoms with van der Waals surface area (Å²) in [7, 11) is 0.